The van der Waals surface area contributed by atoms with Gasteiger partial charge in [0.2, 0.25) is 0 Å². The van der Waals surface area contributed by atoms with Crippen LogP contribution >= 0.6 is 47.0 Å². The van der Waals surface area contributed by atoms with Gasteiger partial charge in [-0.1, -0.05) is 132 Å². The lowest BCUT2D eigenvalue weighted by Gasteiger charge is -2.25. The Balaban J connectivity index is 1.58. The van der Waals surface area contributed by atoms with Crippen LogP contribution in [0.3, 0.4) is 0 Å². The van der Waals surface area contributed by atoms with Crippen molar-refractivity contribution < 1.29 is 0 Å². The van der Waals surface area contributed by atoms with E-state index in [0.717, 1.165) is 46.0 Å². The van der Waals surface area contributed by atoms with Crippen molar-refractivity contribution in [3.05, 3.63) is 138 Å². The van der Waals surface area contributed by atoms with E-state index in [1.54, 1.807) is 0 Å². The van der Waals surface area contributed by atoms with Crippen LogP contribution in [0.5, 0.6) is 0 Å². The molecule has 1 aliphatic rings. The molecule has 0 aliphatic carbocycles. The van der Waals surface area contributed by atoms with Crippen molar-refractivity contribution in [2.45, 2.75) is 178 Å². The lowest BCUT2D eigenvalue weighted by molar-refractivity contribution is 0.588. The summed E-state index contributed by atoms with van der Waals surface area (Å²) in [6.07, 6.45) is 0. The first-order valence-corrected chi connectivity index (χ1v) is 25.4. The predicted octanol–water partition coefficient (Wildman–Crippen LogP) is 16.2. The number of fused-ring (bicyclic) bond motifs is 8. The second-order valence-corrected chi connectivity index (χ2v) is 24.6. The van der Waals surface area contributed by atoms with Gasteiger partial charge in [-0.05, 0) is 138 Å². The van der Waals surface area contributed by atoms with Gasteiger partial charge >= 0.3 is 0 Å². The van der Waals surface area contributed by atoms with E-state index in [4.69, 9.17) is 0 Å². The molecule has 1 heterocycles. The van der Waals surface area contributed by atoms with Crippen molar-refractivity contribution in [3.63, 3.8) is 0 Å². The molecule has 4 aromatic carbocycles. The number of thioether (sulfide) groups is 4. The molecule has 4 aromatic rings. The van der Waals surface area contributed by atoms with Crippen molar-refractivity contribution in [2.75, 3.05) is 0 Å². The van der Waals surface area contributed by atoms with E-state index in [9.17, 15) is 0 Å². The number of rotatable bonds is 0. The second kappa shape index (κ2) is 17.9. The van der Waals surface area contributed by atoms with E-state index in [0.29, 0.717) is 0 Å². The van der Waals surface area contributed by atoms with Crippen molar-refractivity contribution in [1.82, 2.24) is 0 Å². The molecule has 1 aliphatic heterocycles. The van der Waals surface area contributed by atoms with Crippen molar-refractivity contribution in [2.24, 2.45) is 0 Å². The van der Waals surface area contributed by atoms with E-state index in [1.807, 2.05) is 0 Å². The lowest BCUT2D eigenvalue weighted by atomic mass is 9.84. The molecule has 0 atom stereocenters. The van der Waals surface area contributed by atoms with Gasteiger partial charge in [0.05, 0.1) is 0 Å². The third kappa shape index (κ3) is 11.3. The van der Waals surface area contributed by atoms with Crippen LogP contribution in [-0.2, 0) is 67.7 Å². The largest absolute Gasteiger partial charge is 0.152 e. The molecule has 0 nitrogen and oxygen atoms in total. The van der Waals surface area contributed by atoms with Gasteiger partial charge in [0.15, 0.2) is 0 Å². The quantitative estimate of drug-likeness (QED) is 0.173. The van der Waals surface area contributed by atoms with Crippen molar-refractivity contribution >= 4 is 47.0 Å². The fourth-order valence-electron chi connectivity index (χ4n) is 7.37. The molecule has 5 rings (SSSR count). The Kier molecular flexibility index (Phi) is 14.5. The summed E-state index contributed by atoms with van der Waals surface area (Å²) in [6, 6.07) is 20.1. The van der Waals surface area contributed by atoms with Gasteiger partial charge in [0, 0.05) is 46.0 Å². The molecule has 0 unspecified atom stereocenters. The summed E-state index contributed by atoms with van der Waals surface area (Å²) < 4.78 is 0. The first kappa shape index (κ1) is 45.4. The number of benzene rings is 4. The van der Waals surface area contributed by atoms with Crippen molar-refractivity contribution in [3.8, 4) is 0 Å². The van der Waals surface area contributed by atoms with Gasteiger partial charge in [0.1, 0.15) is 0 Å². The Morgan fingerprint density at radius 3 is 0.500 bits per heavy atom. The Hall–Kier alpha value is -1.72. The van der Waals surface area contributed by atoms with Crippen LogP contribution < -0.4 is 0 Å². The molecule has 0 saturated heterocycles. The number of hydrogen-bond acceptors (Lipinski definition) is 4. The van der Waals surface area contributed by atoms with Gasteiger partial charge in [-0.15, -0.1) is 0 Å². The highest BCUT2D eigenvalue weighted by Crippen LogP contribution is 2.38. The van der Waals surface area contributed by atoms with Crippen molar-refractivity contribution in [1.29, 1.82) is 0 Å². The van der Waals surface area contributed by atoms with Crippen LogP contribution in [0.25, 0.3) is 0 Å². The standard InChI is InChI=1S/C52H72S4/c1-33-37-17-45(49(5,6)7)18-38(33)26-54-28-40-20-47(51(11,12)13)22-42(35(40)3)30-56-32-44-24-48(52(14,15)16)23-43(36(44)4)31-55-29-41-21-46(50(8,9)10)19-39(34(41)2)27-53-25-37/h17-24H,25-32H2,1-16H3. The van der Waals surface area contributed by atoms with Gasteiger partial charge in [-0.25, -0.2) is 0 Å². The average molecular weight is 825 g/mol. The van der Waals surface area contributed by atoms with Crippen LogP contribution in [0.1, 0.15) is 172 Å². The molecule has 0 aromatic heterocycles. The normalized spacial score (nSPS) is 15.7. The average Bonchev–Trinajstić information content (AvgIpc) is 3.07. The minimum atomic E-state index is 0.108. The maximum Gasteiger partial charge on any atom is 0.0190 e. The maximum absolute atomic E-state index is 2.52. The summed E-state index contributed by atoms with van der Waals surface area (Å²) in [5, 5.41) is 0. The van der Waals surface area contributed by atoms with E-state index in [2.05, 4.69) is 206 Å². The zero-order valence-corrected chi connectivity index (χ0v) is 41.2. The Labute approximate surface area is 360 Å². The first-order chi connectivity index (χ1) is 25.9. The monoisotopic (exact) mass is 824 g/mol. The molecule has 0 fully saturated rings. The first-order valence-electron chi connectivity index (χ1n) is 20.8. The summed E-state index contributed by atoms with van der Waals surface area (Å²) in [7, 11) is 0. The molecule has 8 bridgehead atoms. The topological polar surface area (TPSA) is 0 Å². The second-order valence-electron chi connectivity index (χ2n) is 20.6. The third-order valence-electron chi connectivity index (χ3n) is 12.0. The molecule has 304 valence electrons. The molecule has 0 spiro atoms. The summed E-state index contributed by atoms with van der Waals surface area (Å²) in [5.41, 5.74) is 24.2. The van der Waals surface area contributed by atoms with Crippen LogP contribution in [0.4, 0.5) is 0 Å². The Morgan fingerprint density at radius 1 is 0.268 bits per heavy atom. The molecular weight excluding hydrogens is 753 g/mol. The van der Waals surface area contributed by atoms with Gasteiger partial charge in [-0.3, -0.25) is 0 Å². The molecule has 0 saturated carbocycles. The van der Waals surface area contributed by atoms with E-state index < -0.39 is 0 Å². The highest BCUT2D eigenvalue weighted by atomic mass is 32.2. The zero-order chi connectivity index (χ0) is 41.4. The molecule has 56 heavy (non-hydrogen) atoms. The van der Waals surface area contributed by atoms with Crippen LogP contribution in [0.15, 0.2) is 48.5 Å². The Morgan fingerprint density at radius 2 is 0.393 bits per heavy atom. The number of hydrogen-bond donors (Lipinski definition) is 0. The van der Waals surface area contributed by atoms with E-state index in [-0.39, 0.29) is 21.7 Å². The molecule has 0 N–H and O–H groups in total. The summed E-state index contributed by atoms with van der Waals surface area (Å²) in [6.45, 7) is 37.9. The van der Waals surface area contributed by atoms with Gasteiger partial charge in [-0.2, -0.15) is 47.0 Å². The highest BCUT2D eigenvalue weighted by molar-refractivity contribution is 7.98. The van der Waals surface area contributed by atoms with E-state index >= 15 is 0 Å². The SMILES string of the molecule is Cc1c2cc(C(C)(C)C)cc1CSCc1cc(C(C)(C)C)cc(c1C)CSCc1cc(C(C)(C)C)cc(c1C)CSCc1cc(C(C)(C)C)cc(c1C)CSC2. The maximum atomic E-state index is 2.52. The van der Waals surface area contributed by atoms with Crippen LogP contribution in [0, 0.1) is 27.7 Å². The minimum absolute atomic E-state index is 0.108. The van der Waals surface area contributed by atoms with Crippen LogP contribution in [0.2, 0.25) is 0 Å². The highest BCUT2D eigenvalue weighted by Gasteiger charge is 2.23. The lowest BCUT2D eigenvalue weighted by Crippen LogP contribution is -2.14. The summed E-state index contributed by atoms with van der Waals surface area (Å²) >= 11 is 8.37. The fraction of sp³-hybridized carbons (Fsp3) is 0.538. The molecule has 0 amide bonds. The summed E-state index contributed by atoms with van der Waals surface area (Å²) in [4.78, 5) is 0. The molecular formula is C52H72S4. The Bertz CT molecular complexity index is 1630. The van der Waals surface area contributed by atoms with Gasteiger partial charge in [0.25, 0.3) is 0 Å². The van der Waals surface area contributed by atoms with Crippen LogP contribution in [-0.4, -0.2) is 0 Å². The molecule has 0 radical (unpaired) electrons. The molecule has 4 heteroatoms. The van der Waals surface area contributed by atoms with E-state index in [1.165, 1.54) is 89.0 Å². The summed E-state index contributed by atoms with van der Waals surface area (Å²) in [5.74, 6) is 8.30. The third-order valence-corrected chi connectivity index (χ3v) is 16.1. The van der Waals surface area contributed by atoms with Gasteiger partial charge < -0.3 is 0 Å². The smallest absolute Gasteiger partial charge is 0.0190 e. The predicted molar refractivity (Wildman–Crippen MR) is 260 cm³/mol. The fourth-order valence-corrected chi connectivity index (χ4v) is 11.9. The minimum Gasteiger partial charge on any atom is -0.152 e. The zero-order valence-electron chi connectivity index (χ0n) is 37.9.